The zero-order chi connectivity index (χ0) is 40.0. The zero-order valence-electron chi connectivity index (χ0n) is 31.6. The number of hydrogen-bond donors (Lipinski definition) is 1. The molecule has 0 radical (unpaired) electrons. The Morgan fingerprint density at radius 3 is 2.14 bits per heavy atom. The van der Waals surface area contributed by atoms with Gasteiger partial charge in [-0.25, -0.2) is 4.79 Å². The summed E-state index contributed by atoms with van der Waals surface area (Å²) >= 11 is 13.3. The number of piperazine rings is 1. The summed E-state index contributed by atoms with van der Waals surface area (Å²) in [6, 6.07) is 26.0. The molecule has 4 fully saturated rings. The number of fused-ring (bicyclic) bond motifs is 2. The van der Waals surface area contributed by atoms with Crippen LogP contribution in [0.2, 0.25) is 10.0 Å². The van der Waals surface area contributed by atoms with E-state index in [2.05, 4.69) is 63.6 Å². The average Bonchev–Trinajstić information content (AvgIpc) is 3.16. The molecule has 3 aromatic carbocycles. The standard InChI is InChI=1S/C39H45Cl2N3O8P4/c1-26-32(37(45)50-24-12-19-43-20-22-44(23-21-43)35(28-13-7-5-8-14-28)29-15-9-6-10-16-29)33(30-17-11-18-31(40)34(30)41)36(27(2)42-26)55(48,53-46)54(47)25-39(3,4)38-51-56(54,49)52-38/h5-11,13-18,33,35,38,42H,12,19-25H2,1-4H3. The highest BCUT2D eigenvalue weighted by Crippen LogP contribution is 3.11. The number of hydrogen-bond acceptors (Lipinski definition) is 11. The second-order valence-electron chi connectivity index (χ2n) is 15.3. The van der Waals surface area contributed by atoms with E-state index in [1.165, 1.54) is 11.1 Å². The van der Waals surface area contributed by atoms with Crippen molar-refractivity contribution in [1.82, 2.24) is 15.1 Å². The Labute approximate surface area is 339 Å². The third-order valence-corrected chi connectivity index (χ3v) is 34.0. The van der Waals surface area contributed by atoms with Crippen LogP contribution in [0, 0.1) is 5.41 Å². The lowest BCUT2D eigenvalue weighted by Gasteiger charge is -2.53. The minimum atomic E-state index is -4.72. The second-order valence-corrected chi connectivity index (χ2v) is 31.9. The van der Waals surface area contributed by atoms with E-state index in [9.17, 15) is 13.9 Å². The topological polar surface area (TPSA) is 132 Å². The molecule has 2 bridgehead atoms. The molecule has 5 aliphatic heterocycles. The first-order chi connectivity index (χ1) is 26.6. The van der Waals surface area contributed by atoms with Gasteiger partial charge in [0.15, 0.2) is 6.29 Å². The third kappa shape index (κ3) is 7.41. The molecule has 11 nitrogen and oxygen atoms in total. The van der Waals surface area contributed by atoms with Crippen molar-refractivity contribution in [3.63, 3.8) is 0 Å². The van der Waals surface area contributed by atoms with Crippen LogP contribution in [0.5, 0.6) is 0 Å². The van der Waals surface area contributed by atoms with Gasteiger partial charge in [-0.3, -0.25) is 27.6 Å². The quantitative estimate of drug-likeness (QED) is 0.106. The molecule has 8 rings (SSSR count). The van der Waals surface area contributed by atoms with E-state index in [1.54, 1.807) is 45.9 Å². The van der Waals surface area contributed by atoms with Crippen molar-refractivity contribution in [1.29, 1.82) is 0 Å². The van der Waals surface area contributed by atoms with Gasteiger partial charge >= 0.3 is 13.3 Å². The lowest BCUT2D eigenvalue weighted by Crippen LogP contribution is -2.48. The molecule has 0 aromatic heterocycles. The molecule has 3 aromatic rings. The van der Waals surface area contributed by atoms with Crippen LogP contribution in [0.15, 0.2) is 101 Å². The Bertz CT molecular complexity index is 2180. The molecule has 0 saturated carbocycles. The highest BCUT2D eigenvalue weighted by Gasteiger charge is 2.75. The monoisotopic (exact) mass is 877 g/mol. The number of dihydropyridines is 1. The summed E-state index contributed by atoms with van der Waals surface area (Å²) in [4.78, 5) is 19.1. The van der Waals surface area contributed by atoms with E-state index in [4.69, 9.17) is 37.0 Å². The predicted octanol–water partition coefficient (Wildman–Crippen LogP) is 10.9. The molecule has 1 N–H and O–H groups in total. The number of halogens is 2. The minimum Gasteiger partial charge on any atom is -0.462 e. The van der Waals surface area contributed by atoms with Crippen LogP contribution in [-0.4, -0.2) is 67.6 Å². The maximum Gasteiger partial charge on any atom is 0.398 e. The van der Waals surface area contributed by atoms with Gasteiger partial charge in [-0.1, -0.05) is 110 Å². The molecule has 3 unspecified atom stereocenters. The molecule has 17 heteroatoms. The van der Waals surface area contributed by atoms with Crippen LogP contribution in [0.1, 0.15) is 62.8 Å². The lowest BCUT2D eigenvalue weighted by molar-refractivity contribution is -0.151. The smallest absolute Gasteiger partial charge is 0.398 e. The van der Waals surface area contributed by atoms with Gasteiger partial charge < -0.3 is 19.5 Å². The number of rotatable bonds is 12. The Hall–Kier alpha value is -2.38. The number of nitrogens with one attached hydrogen (secondary N) is 1. The molecule has 56 heavy (non-hydrogen) atoms. The van der Waals surface area contributed by atoms with Gasteiger partial charge in [0.25, 0.3) is 13.0 Å². The molecule has 5 heterocycles. The highest BCUT2D eigenvalue weighted by atomic mass is 35.5. The molecule has 4 saturated heterocycles. The molecule has 5 aliphatic rings. The van der Waals surface area contributed by atoms with E-state index in [-0.39, 0.29) is 51.0 Å². The van der Waals surface area contributed by atoms with Crippen LogP contribution >= 0.6 is 51.7 Å². The Morgan fingerprint density at radius 1 is 0.946 bits per heavy atom. The molecule has 298 valence electrons. The average molecular weight is 879 g/mol. The van der Waals surface area contributed by atoms with Gasteiger partial charge in [-0.15, -0.1) is 0 Å². The molecular formula is C39H45Cl2N3O8P4. The number of carbonyl (C=O) groups is 1. The number of ether oxygens (including phenoxy) is 1. The van der Waals surface area contributed by atoms with Crippen molar-refractivity contribution < 1.29 is 36.8 Å². The minimum absolute atomic E-state index is 0.0367. The molecule has 3 atom stereocenters. The number of esters is 1. The molecule has 0 aliphatic carbocycles. The zero-order valence-corrected chi connectivity index (χ0v) is 36.7. The molecular weight excluding hydrogens is 833 g/mol. The maximum atomic E-state index is 15.4. The fraction of sp³-hybridized carbons (Fsp3) is 0.410. The third-order valence-electron chi connectivity index (χ3n) is 11.0. The Morgan fingerprint density at radius 2 is 1.55 bits per heavy atom. The molecule has 0 spiro atoms. The van der Waals surface area contributed by atoms with Gasteiger partial charge in [0.05, 0.1) is 34.2 Å². The van der Waals surface area contributed by atoms with Crippen LogP contribution in [0.4, 0.5) is 0 Å². The summed E-state index contributed by atoms with van der Waals surface area (Å²) < 4.78 is 74.7. The summed E-state index contributed by atoms with van der Waals surface area (Å²) in [5, 5.41) is 3.19. The van der Waals surface area contributed by atoms with Crippen LogP contribution in [0.25, 0.3) is 0 Å². The predicted molar refractivity (Wildman–Crippen MR) is 221 cm³/mol. The number of allylic oxidation sites excluding steroid dienone is 3. The summed E-state index contributed by atoms with van der Waals surface area (Å²) in [5.41, 5.74) is 2.46. The van der Waals surface area contributed by atoms with E-state index in [0.29, 0.717) is 18.7 Å². The normalized spacial score (nSPS) is 27.8. The van der Waals surface area contributed by atoms with Crippen molar-refractivity contribution in [3.05, 3.63) is 128 Å². The summed E-state index contributed by atoms with van der Waals surface area (Å²) in [7, 11) is -5.45. The van der Waals surface area contributed by atoms with Crippen LogP contribution in [0.3, 0.4) is 0 Å². The van der Waals surface area contributed by atoms with Crippen LogP contribution in [-0.2, 0) is 36.8 Å². The van der Waals surface area contributed by atoms with Crippen LogP contribution < -0.4 is 5.32 Å². The summed E-state index contributed by atoms with van der Waals surface area (Å²) in [6.45, 7) is 1.56. The van der Waals surface area contributed by atoms with E-state index < -0.39 is 52.1 Å². The van der Waals surface area contributed by atoms with Crippen molar-refractivity contribution in [2.75, 3.05) is 45.5 Å². The Balaban J connectivity index is 1.08. The summed E-state index contributed by atoms with van der Waals surface area (Å²) in [6.07, 6.45) is -0.642. The first-order valence-corrected chi connectivity index (χ1v) is 27.3. The second kappa shape index (κ2) is 16.3. The van der Waals surface area contributed by atoms with E-state index >= 15 is 9.13 Å². The van der Waals surface area contributed by atoms with Crippen molar-refractivity contribution in [3.8, 4) is 0 Å². The van der Waals surface area contributed by atoms with E-state index in [0.717, 1.165) is 26.2 Å². The largest absolute Gasteiger partial charge is 0.462 e. The van der Waals surface area contributed by atoms with Gasteiger partial charge in [-0.05, 0) is 43.0 Å². The number of carbonyl (C=O) groups excluding carboxylic acids is 1. The number of benzene rings is 3. The SMILES string of the molecule is CC1=C(C(=O)OCCCN2CCN(C(c3ccccc3)c3ccccc3)CC2)C(c2cccc(Cl)c2Cl)C(P(=O)(P=O)P2(=O)CC(C)(C)C3OP2(=O)O3)=C(C)N1. The molecule has 0 amide bonds. The summed E-state index contributed by atoms with van der Waals surface area (Å²) in [5.74, 6) is -1.98. The fourth-order valence-electron chi connectivity index (χ4n) is 8.24. The maximum absolute atomic E-state index is 15.4. The van der Waals surface area contributed by atoms with Gasteiger partial charge in [0.2, 0.25) is 8.15 Å². The van der Waals surface area contributed by atoms with Crippen molar-refractivity contribution in [2.24, 2.45) is 5.41 Å². The first-order valence-electron chi connectivity index (χ1n) is 18.5. The van der Waals surface area contributed by atoms with Crippen molar-refractivity contribution in [2.45, 2.75) is 52.4 Å². The highest BCUT2D eigenvalue weighted by molar-refractivity contribution is 8.78. The van der Waals surface area contributed by atoms with Gasteiger partial charge in [-0.2, -0.15) is 0 Å². The fourth-order valence-corrected chi connectivity index (χ4v) is 31.7. The van der Waals surface area contributed by atoms with Gasteiger partial charge in [0.1, 0.15) is 0 Å². The number of nitrogens with zero attached hydrogens (tertiary/aromatic N) is 2. The van der Waals surface area contributed by atoms with Crippen molar-refractivity contribution >= 4 is 57.6 Å². The van der Waals surface area contributed by atoms with E-state index in [1.807, 2.05) is 12.1 Å². The first kappa shape index (κ1) is 41.8. The lowest BCUT2D eigenvalue weighted by atomic mass is 9.86. The van der Waals surface area contributed by atoms with Gasteiger partial charge in [0, 0.05) is 61.0 Å². The Kier molecular flexibility index (Phi) is 12.2.